The summed E-state index contributed by atoms with van der Waals surface area (Å²) in [5, 5.41) is 8.64. The molecule has 0 spiro atoms. The van der Waals surface area contributed by atoms with Crippen molar-refractivity contribution in [3.63, 3.8) is 0 Å². The van der Waals surface area contributed by atoms with Gasteiger partial charge in [0.05, 0.1) is 0 Å². The number of nitrogens with two attached hydrogens (primary N) is 1. The minimum atomic E-state index is -1.03. The molecule has 0 aromatic heterocycles. The van der Waals surface area contributed by atoms with Gasteiger partial charge in [0.1, 0.15) is 6.54 Å². The van der Waals surface area contributed by atoms with Crippen molar-refractivity contribution in [2.75, 3.05) is 13.1 Å². The van der Waals surface area contributed by atoms with Gasteiger partial charge in [0.25, 0.3) is 0 Å². The van der Waals surface area contributed by atoms with Crippen molar-refractivity contribution in [3.05, 3.63) is 12.7 Å². The van der Waals surface area contributed by atoms with Crippen LogP contribution in [0.1, 0.15) is 26.2 Å². The van der Waals surface area contributed by atoms with E-state index in [0.717, 1.165) is 12.8 Å². The van der Waals surface area contributed by atoms with Crippen LogP contribution in [-0.2, 0) is 9.59 Å². The standard InChI is InChI=1S/C11H20N2O3/c1-3-5-9(12)7-10(14)13(6-4-2)8-11(15)16/h4,9H,2-3,5-8,12H2,1H3,(H,15,16). The summed E-state index contributed by atoms with van der Waals surface area (Å²) in [5.74, 6) is -1.26. The van der Waals surface area contributed by atoms with E-state index in [2.05, 4.69) is 6.58 Å². The fourth-order valence-corrected chi connectivity index (χ4v) is 1.40. The number of hydrogen-bond acceptors (Lipinski definition) is 3. The number of aliphatic carboxylic acids is 1. The molecule has 0 aromatic carbocycles. The van der Waals surface area contributed by atoms with Crippen molar-refractivity contribution in [1.82, 2.24) is 4.90 Å². The Hall–Kier alpha value is -1.36. The summed E-state index contributed by atoms with van der Waals surface area (Å²) in [4.78, 5) is 23.5. The lowest BCUT2D eigenvalue weighted by Gasteiger charge is -2.20. The SMILES string of the molecule is C=CCN(CC(=O)O)C(=O)CC(N)CCC. The van der Waals surface area contributed by atoms with Crippen LogP contribution in [0.15, 0.2) is 12.7 Å². The maximum atomic E-state index is 11.7. The van der Waals surface area contributed by atoms with Crippen molar-refractivity contribution < 1.29 is 14.7 Å². The lowest BCUT2D eigenvalue weighted by molar-refractivity contribution is -0.144. The summed E-state index contributed by atoms with van der Waals surface area (Å²) in [5.41, 5.74) is 5.73. The largest absolute Gasteiger partial charge is 0.480 e. The third kappa shape index (κ3) is 6.19. The second-order valence-electron chi connectivity index (χ2n) is 3.71. The van der Waals surface area contributed by atoms with Gasteiger partial charge in [0, 0.05) is 19.0 Å². The Labute approximate surface area is 95.9 Å². The molecule has 0 saturated heterocycles. The number of carboxylic acid groups (broad SMARTS) is 1. The lowest BCUT2D eigenvalue weighted by atomic mass is 10.1. The van der Waals surface area contributed by atoms with E-state index < -0.39 is 5.97 Å². The molecule has 3 N–H and O–H groups in total. The maximum absolute atomic E-state index is 11.7. The predicted octanol–water partition coefficient (Wildman–Crippen LogP) is 0.603. The molecule has 0 aromatic rings. The van der Waals surface area contributed by atoms with Gasteiger partial charge in [0.15, 0.2) is 0 Å². The van der Waals surface area contributed by atoms with Crippen LogP contribution in [0.5, 0.6) is 0 Å². The highest BCUT2D eigenvalue weighted by atomic mass is 16.4. The molecule has 0 radical (unpaired) electrons. The van der Waals surface area contributed by atoms with Gasteiger partial charge in [-0.1, -0.05) is 19.4 Å². The molecule has 0 heterocycles. The quantitative estimate of drug-likeness (QED) is 0.596. The summed E-state index contributed by atoms with van der Waals surface area (Å²) in [6.45, 7) is 5.41. The van der Waals surface area contributed by atoms with E-state index in [1.807, 2.05) is 6.92 Å². The number of carbonyl (C=O) groups is 2. The molecule has 0 fully saturated rings. The van der Waals surface area contributed by atoms with E-state index >= 15 is 0 Å². The molecule has 5 nitrogen and oxygen atoms in total. The van der Waals surface area contributed by atoms with Crippen LogP contribution in [0.2, 0.25) is 0 Å². The predicted molar refractivity (Wildman–Crippen MR) is 61.9 cm³/mol. The zero-order valence-electron chi connectivity index (χ0n) is 9.69. The molecule has 0 saturated carbocycles. The Morgan fingerprint density at radius 3 is 2.62 bits per heavy atom. The summed E-state index contributed by atoms with van der Waals surface area (Å²) >= 11 is 0. The van der Waals surface area contributed by atoms with E-state index in [4.69, 9.17) is 10.8 Å². The van der Waals surface area contributed by atoms with Gasteiger partial charge in [-0.3, -0.25) is 9.59 Å². The molecule has 0 aliphatic heterocycles. The fraction of sp³-hybridized carbons (Fsp3) is 0.636. The smallest absolute Gasteiger partial charge is 0.323 e. The Kier molecular flexibility index (Phi) is 7.20. The molecule has 1 atom stereocenters. The van der Waals surface area contributed by atoms with Gasteiger partial charge in [0.2, 0.25) is 5.91 Å². The number of nitrogens with zero attached hydrogens (tertiary/aromatic N) is 1. The molecular weight excluding hydrogens is 208 g/mol. The Bertz CT molecular complexity index is 254. The van der Waals surface area contributed by atoms with E-state index in [1.54, 1.807) is 0 Å². The van der Waals surface area contributed by atoms with Crippen LogP contribution < -0.4 is 5.73 Å². The Morgan fingerprint density at radius 2 is 2.19 bits per heavy atom. The van der Waals surface area contributed by atoms with Crippen LogP contribution in [0.4, 0.5) is 0 Å². The summed E-state index contributed by atoms with van der Waals surface area (Å²) in [6, 6.07) is -0.196. The average molecular weight is 228 g/mol. The number of carbonyl (C=O) groups excluding carboxylic acids is 1. The van der Waals surface area contributed by atoms with Gasteiger partial charge in [-0.05, 0) is 6.42 Å². The van der Waals surface area contributed by atoms with Gasteiger partial charge >= 0.3 is 5.97 Å². The van der Waals surface area contributed by atoms with Gasteiger partial charge in [-0.2, -0.15) is 0 Å². The first-order valence-corrected chi connectivity index (χ1v) is 5.37. The highest BCUT2D eigenvalue weighted by Gasteiger charge is 2.17. The molecule has 0 rings (SSSR count). The van der Waals surface area contributed by atoms with Crippen molar-refractivity contribution >= 4 is 11.9 Å². The van der Waals surface area contributed by atoms with Crippen LogP contribution in [0.25, 0.3) is 0 Å². The zero-order chi connectivity index (χ0) is 12.6. The fourth-order valence-electron chi connectivity index (χ4n) is 1.40. The van der Waals surface area contributed by atoms with Crippen molar-refractivity contribution in [3.8, 4) is 0 Å². The van der Waals surface area contributed by atoms with Gasteiger partial charge < -0.3 is 15.7 Å². The third-order valence-electron chi connectivity index (χ3n) is 2.12. The maximum Gasteiger partial charge on any atom is 0.323 e. The van der Waals surface area contributed by atoms with E-state index in [1.165, 1.54) is 11.0 Å². The Morgan fingerprint density at radius 1 is 1.56 bits per heavy atom. The monoisotopic (exact) mass is 228 g/mol. The molecule has 5 heteroatoms. The first kappa shape index (κ1) is 14.6. The number of amides is 1. The molecule has 0 bridgehead atoms. The number of carboxylic acids is 1. The first-order chi connectivity index (χ1) is 7.51. The normalized spacial score (nSPS) is 11.9. The van der Waals surface area contributed by atoms with E-state index in [-0.39, 0.29) is 31.5 Å². The number of hydrogen-bond donors (Lipinski definition) is 2. The average Bonchev–Trinajstić information content (AvgIpc) is 2.16. The topological polar surface area (TPSA) is 83.6 Å². The molecule has 92 valence electrons. The van der Waals surface area contributed by atoms with Crippen molar-refractivity contribution in [2.24, 2.45) is 5.73 Å². The summed E-state index contributed by atoms with van der Waals surface area (Å²) in [7, 11) is 0. The molecule has 1 unspecified atom stereocenters. The molecule has 0 aliphatic rings. The molecular formula is C11H20N2O3. The van der Waals surface area contributed by atoms with Crippen LogP contribution in [0.3, 0.4) is 0 Å². The van der Waals surface area contributed by atoms with E-state index in [0.29, 0.717) is 0 Å². The number of rotatable bonds is 8. The highest BCUT2D eigenvalue weighted by molar-refractivity contribution is 5.81. The highest BCUT2D eigenvalue weighted by Crippen LogP contribution is 2.03. The second kappa shape index (κ2) is 7.87. The second-order valence-corrected chi connectivity index (χ2v) is 3.71. The van der Waals surface area contributed by atoms with Gasteiger partial charge in [-0.15, -0.1) is 6.58 Å². The van der Waals surface area contributed by atoms with Crippen LogP contribution >= 0.6 is 0 Å². The zero-order valence-corrected chi connectivity index (χ0v) is 9.69. The summed E-state index contributed by atoms with van der Waals surface area (Å²) < 4.78 is 0. The van der Waals surface area contributed by atoms with E-state index in [9.17, 15) is 9.59 Å². The minimum Gasteiger partial charge on any atom is -0.480 e. The molecule has 16 heavy (non-hydrogen) atoms. The lowest BCUT2D eigenvalue weighted by Crippen LogP contribution is -2.39. The molecule has 0 aliphatic carbocycles. The Balaban J connectivity index is 4.25. The molecule has 1 amide bonds. The minimum absolute atomic E-state index is 0.189. The van der Waals surface area contributed by atoms with Gasteiger partial charge in [-0.25, -0.2) is 0 Å². The summed E-state index contributed by atoms with van der Waals surface area (Å²) in [6.07, 6.45) is 3.37. The van der Waals surface area contributed by atoms with Crippen molar-refractivity contribution in [2.45, 2.75) is 32.2 Å². The first-order valence-electron chi connectivity index (χ1n) is 5.37. The van der Waals surface area contributed by atoms with Crippen molar-refractivity contribution in [1.29, 1.82) is 0 Å². The van der Waals surface area contributed by atoms with Crippen LogP contribution in [0, 0.1) is 0 Å². The van der Waals surface area contributed by atoms with Crippen LogP contribution in [-0.4, -0.2) is 41.0 Å². The third-order valence-corrected chi connectivity index (χ3v) is 2.12.